The van der Waals surface area contributed by atoms with E-state index in [1.807, 2.05) is 12.1 Å². The Labute approximate surface area is 173 Å². The van der Waals surface area contributed by atoms with Crippen molar-refractivity contribution in [3.63, 3.8) is 0 Å². The number of halogens is 2. The van der Waals surface area contributed by atoms with Gasteiger partial charge in [0, 0.05) is 31.8 Å². The Bertz CT molecular complexity index is 545. The predicted molar refractivity (Wildman–Crippen MR) is 116 cm³/mol. The maximum Gasteiger partial charge on any atom is 0.191 e. The molecule has 1 saturated heterocycles. The van der Waals surface area contributed by atoms with E-state index in [0.29, 0.717) is 0 Å². The molecule has 0 aromatic heterocycles. The van der Waals surface area contributed by atoms with E-state index >= 15 is 0 Å². The third kappa shape index (κ3) is 7.00. The van der Waals surface area contributed by atoms with Crippen molar-refractivity contribution in [1.29, 1.82) is 0 Å². The summed E-state index contributed by atoms with van der Waals surface area (Å²) < 4.78 is 18.5. The normalized spacial score (nSPS) is 16.9. The van der Waals surface area contributed by atoms with Crippen LogP contribution in [0, 0.1) is 5.82 Å². The van der Waals surface area contributed by atoms with E-state index in [0.717, 1.165) is 63.6 Å². The van der Waals surface area contributed by atoms with Crippen LogP contribution in [0.3, 0.4) is 0 Å². The van der Waals surface area contributed by atoms with Gasteiger partial charge in [-0.15, -0.1) is 24.0 Å². The Morgan fingerprint density at radius 2 is 1.85 bits per heavy atom. The van der Waals surface area contributed by atoms with Gasteiger partial charge >= 0.3 is 0 Å². The van der Waals surface area contributed by atoms with Crippen LogP contribution in [0.5, 0.6) is 0 Å². The first-order valence-corrected chi connectivity index (χ1v) is 9.07. The summed E-state index contributed by atoms with van der Waals surface area (Å²) >= 11 is 0. The van der Waals surface area contributed by atoms with Crippen molar-refractivity contribution in [3.8, 4) is 0 Å². The molecular formula is C19H32FIN4O. The molecule has 0 radical (unpaired) electrons. The minimum absolute atomic E-state index is 0. The lowest BCUT2D eigenvalue weighted by Gasteiger charge is -2.41. The fraction of sp³-hybridized carbons (Fsp3) is 0.632. The van der Waals surface area contributed by atoms with E-state index in [9.17, 15) is 4.39 Å². The quantitative estimate of drug-likeness (QED) is 0.360. The first kappa shape index (κ1) is 23.1. The highest BCUT2D eigenvalue weighted by molar-refractivity contribution is 14.0. The standard InChI is InChI=1S/C19H31FN4O.HI/c1-4-21-18(22-12-9-16-5-7-17(20)8-6-16)23-15-19(24(2)3)10-13-25-14-11-19;/h5-8H,4,9-15H2,1-3H3,(H2,21,22,23);1H. The first-order chi connectivity index (χ1) is 12.1. The number of hydrogen-bond donors (Lipinski definition) is 2. The predicted octanol–water partition coefficient (Wildman–Crippen LogP) is 2.65. The molecule has 2 rings (SSSR count). The van der Waals surface area contributed by atoms with Crippen molar-refractivity contribution < 1.29 is 9.13 Å². The summed E-state index contributed by atoms with van der Waals surface area (Å²) in [6.07, 6.45) is 2.83. The Kier molecular flexibility index (Phi) is 10.4. The zero-order valence-electron chi connectivity index (χ0n) is 16.1. The monoisotopic (exact) mass is 478 g/mol. The van der Waals surface area contributed by atoms with Crippen molar-refractivity contribution in [3.05, 3.63) is 35.6 Å². The SMILES string of the molecule is CCNC(=NCC1(N(C)C)CCOCC1)NCCc1ccc(F)cc1.I. The lowest BCUT2D eigenvalue weighted by Crippen LogP contribution is -2.51. The summed E-state index contributed by atoms with van der Waals surface area (Å²) in [6, 6.07) is 6.65. The third-order valence-corrected chi connectivity index (χ3v) is 4.87. The summed E-state index contributed by atoms with van der Waals surface area (Å²) in [5, 5.41) is 6.68. The second kappa shape index (κ2) is 11.7. The van der Waals surface area contributed by atoms with Gasteiger partial charge < -0.3 is 20.3 Å². The van der Waals surface area contributed by atoms with Crippen molar-refractivity contribution in [2.24, 2.45) is 4.99 Å². The molecule has 0 amide bonds. The zero-order valence-corrected chi connectivity index (χ0v) is 18.4. The number of hydrogen-bond acceptors (Lipinski definition) is 3. The minimum atomic E-state index is -0.197. The molecule has 1 aliphatic heterocycles. The molecule has 1 heterocycles. The average Bonchev–Trinajstić information content (AvgIpc) is 2.62. The van der Waals surface area contributed by atoms with Crippen molar-refractivity contribution in [2.75, 3.05) is 46.9 Å². The van der Waals surface area contributed by atoms with Crippen LogP contribution in [-0.2, 0) is 11.2 Å². The molecule has 1 fully saturated rings. The summed E-state index contributed by atoms with van der Waals surface area (Å²) in [4.78, 5) is 7.09. The number of benzene rings is 1. The van der Waals surface area contributed by atoms with Gasteiger partial charge in [0.25, 0.3) is 0 Å². The van der Waals surface area contributed by atoms with E-state index in [-0.39, 0.29) is 35.3 Å². The summed E-state index contributed by atoms with van der Waals surface area (Å²) in [6.45, 7) is 5.98. The minimum Gasteiger partial charge on any atom is -0.381 e. The molecule has 0 aliphatic carbocycles. The second-order valence-electron chi connectivity index (χ2n) is 6.73. The van der Waals surface area contributed by atoms with Crippen molar-refractivity contribution in [1.82, 2.24) is 15.5 Å². The zero-order chi connectivity index (χ0) is 18.1. The molecule has 1 aliphatic rings. The smallest absolute Gasteiger partial charge is 0.191 e. The Morgan fingerprint density at radius 3 is 2.42 bits per heavy atom. The Balaban J connectivity index is 0.00000338. The molecule has 26 heavy (non-hydrogen) atoms. The number of guanidine groups is 1. The van der Waals surface area contributed by atoms with Crippen LogP contribution in [0.4, 0.5) is 4.39 Å². The van der Waals surface area contributed by atoms with Gasteiger partial charge in [0.05, 0.1) is 6.54 Å². The molecule has 0 bridgehead atoms. The van der Waals surface area contributed by atoms with Gasteiger partial charge in [0.1, 0.15) is 5.82 Å². The fourth-order valence-electron chi connectivity index (χ4n) is 3.04. The molecule has 148 valence electrons. The maximum absolute atomic E-state index is 13.0. The van der Waals surface area contributed by atoms with Crippen LogP contribution in [-0.4, -0.2) is 63.3 Å². The molecule has 0 atom stereocenters. The van der Waals surface area contributed by atoms with Crippen LogP contribution in [0.1, 0.15) is 25.3 Å². The molecule has 1 aromatic rings. The van der Waals surface area contributed by atoms with Crippen molar-refractivity contribution in [2.45, 2.75) is 31.7 Å². The third-order valence-electron chi connectivity index (χ3n) is 4.87. The van der Waals surface area contributed by atoms with Gasteiger partial charge in [0.15, 0.2) is 5.96 Å². The molecule has 0 unspecified atom stereocenters. The van der Waals surface area contributed by atoms with Crippen LogP contribution in [0.2, 0.25) is 0 Å². The average molecular weight is 478 g/mol. The molecule has 1 aromatic carbocycles. The second-order valence-corrected chi connectivity index (χ2v) is 6.73. The van der Waals surface area contributed by atoms with E-state index in [1.54, 1.807) is 0 Å². The van der Waals surface area contributed by atoms with E-state index in [2.05, 4.69) is 36.6 Å². The highest BCUT2D eigenvalue weighted by atomic mass is 127. The number of aliphatic imine (C=N–C) groups is 1. The van der Waals surface area contributed by atoms with Gasteiger partial charge in [-0.2, -0.15) is 0 Å². The lowest BCUT2D eigenvalue weighted by molar-refractivity contribution is -0.00254. The van der Waals surface area contributed by atoms with Gasteiger partial charge in [-0.25, -0.2) is 4.39 Å². The highest BCUT2D eigenvalue weighted by Gasteiger charge is 2.34. The largest absolute Gasteiger partial charge is 0.381 e. The topological polar surface area (TPSA) is 48.9 Å². The van der Waals surface area contributed by atoms with Crippen LogP contribution >= 0.6 is 24.0 Å². The van der Waals surface area contributed by atoms with Crippen molar-refractivity contribution >= 4 is 29.9 Å². The van der Waals surface area contributed by atoms with Crippen LogP contribution in [0.15, 0.2) is 29.3 Å². The molecule has 2 N–H and O–H groups in total. The molecular weight excluding hydrogens is 446 g/mol. The summed E-state index contributed by atoms with van der Waals surface area (Å²) in [5.74, 6) is 0.634. The lowest BCUT2D eigenvalue weighted by atomic mass is 9.89. The molecule has 0 spiro atoms. The number of rotatable bonds is 7. The molecule has 0 saturated carbocycles. The maximum atomic E-state index is 13.0. The summed E-state index contributed by atoms with van der Waals surface area (Å²) in [7, 11) is 4.24. The molecule has 7 heteroatoms. The first-order valence-electron chi connectivity index (χ1n) is 9.07. The van der Waals surface area contributed by atoms with Gasteiger partial charge in [-0.1, -0.05) is 12.1 Å². The van der Waals surface area contributed by atoms with Crippen LogP contribution < -0.4 is 10.6 Å². The molecule has 5 nitrogen and oxygen atoms in total. The number of ether oxygens (including phenoxy) is 1. The van der Waals surface area contributed by atoms with Crippen LogP contribution in [0.25, 0.3) is 0 Å². The van der Waals surface area contributed by atoms with Gasteiger partial charge in [0.2, 0.25) is 0 Å². The summed E-state index contributed by atoms with van der Waals surface area (Å²) in [5.41, 5.74) is 1.18. The van der Waals surface area contributed by atoms with E-state index < -0.39 is 0 Å². The number of nitrogens with zero attached hydrogens (tertiary/aromatic N) is 2. The fourth-order valence-corrected chi connectivity index (χ4v) is 3.04. The Morgan fingerprint density at radius 1 is 1.19 bits per heavy atom. The van der Waals surface area contributed by atoms with Gasteiger partial charge in [-0.3, -0.25) is 4.99 Å². The highest BCUT2D eigenvalue weighted by Crippen LogP contribution is 2.26. The van der Waals surface area contributed by atoms with Gasteiger partial charge in [-0.05, 0) is 58.0 Å². The number of likely N-dealkylation sites (N-methyl/N-ethyl adjacent to an activating group) is 1. The Hall–Kier alpha value is -0.930. The van der Waals surface area contributed by atoms with E-state index in [1.165, 1.54) is 12.1 Å². The number of nitrogens with one attached hydrogen (secondary N) is 2. The van der Waals surface area contributed by atoms with E-state index in [4.69, 9.17) is 9.73 Å².